The molecule has 1 fully saturated rings. The van der Waals surface area contributed by atoms with Gasteiger partial charge in [-0.3, -0.25) is 14.4 Å². The fourth-order valence-corrected chi connectivity index (χ4v) is 3.98. The second kappa shape index (κ2) is 7.64. The van der Waals surface area contributed by atoms with Crippen LogP contribution >= 0.6 is 11.6 Å². The molecule has 27 heavy (non-hydrogen) atoms. The first-order valence-electron chi connectivity index (χ1n) is 9.44. The van der Waals surface area contributed by atoms with E-state index < -0.39 is 5.97 Å². The molecule has 0 amide bonds. The Balaban J connectivity index is 1.95. The largest absolute Gasteiger partial charge is 0.481 e. The SMILES string of the molecule is CC1CC(C(=O)O)CN(Cc2cn(C(C)(C)C)nc2-c2ccccc2Cl)C1. The summed E-state index contributed by atoms with van der Waals surface area (Å²) in [6.45, 7) is 10.6. The number of piperidine rings is 1. The lowest BCUT2D eigenvalue weighted by Crippen LogP contribution is -2.42. The summed E-state index contributed by atoms with van der Waals surface area (Å²) in [6, 6.07) is 7.74. The number of aliphatic carboxylic acids is 1. The Kier molecular flexibility index (Phi) is 5.63. The van der Waals surface area contributed by atoms with E-state index in [9.17, 15) is 9.90 Å². The first kappa shape index (κ1) is 19.9. The van der Waals surface area contributed by atoms with Crippen molar-refractivity contribution in [2.45, 2.75) is 46.2 Å². The Hall–Kier alpha value is -1.85. The molecule has 1 aliphatic heterocycles. The molecule has 2 unspecified atom stereocenters. The van der Waals surface area contributed by atoms with E-state index in [0.29, 0.717) is 24.0 Å². The third-order valence-electron chi connectivity index (χ3n) is 5.08. The monoisotopic (exact) mass is 389 g/mol. The van der Waals surface area contributed by atoms with E-state index in [1.807, 2.05) is 28.9 Å². The molecule has 0 spiro atoms. The Morgan fingerprint density at radius 1 is 1.30 bits per heavy atom. The number of hydrogen-bond acceptors (Lipinski definition) is 3. The summed E-state index contributed by atoms with van der Waals surface area (Å²) in [6.07, 6.45) is 2.82. The van der Waals surface area contributed by atoms with Crippen LogP contribution in [0.5, 0.6) is 0 Å². The number of halogens is 1. The highest BCUT2D eigenvalue weighted by molar-refractivity contribution is 6.33. The molecule has 0 radical (unpaired) electrons. The summed E-state index contributed by atoms with van der Waals surface area (Å²) in [7, 11) is 0. The van der Waals surface area contributed by atoms with Crippen LogP contribution in [-0.2, 0) is 16.9 Å². The van der Waals surface area contributed by atoms with E-state index >= 15 is 0 Å². The van der Waals surface area contributed by atoms with Gasteiger partial charge in [0.25, 0.3) is 0 Å². The minimum absolute atomic E-state index is 0.146. The maximum absolute atomic E-state index is 11.5. The van der Waals surface area contributed by atoms with Crippen molar-refractivity contribution >= 4 is 17.6 Å². The van der Waals surface area contributed by atoms with Crippen molar-refractivity contribution < 1.29 is 9.90 Å². The van der Waals surface area contributed by atoms with Crippen LogP contribution in [0, 0.1) is 11.8 Å². The van der Waals surface area contributed by atoms with Crippen molar-refractivity contribution in [3.63, 3.8) is 0 Å². The van der Waals surface area contributed by atoms with Gasteiger partial charge in [-0.2, -0.15) is 5.10 Å². The standard InChI is InChI=1S/C21H28ClN3O2/c1-14-9-15(20(26)27)11-24(10-14)12-16-13-25(21(2,3)4)23-19(16)17-7-5-6-8-18(17)22/h5-8,13-15H,9-12H2,1-4H3,(H,26,27). The lowest BCUT2D eigenvalue weighted by Gasteiger charge is -2.34. The minimum Gasteiger partial charge on any atom is -0.481 e. The van der Waals surface area contributed by atoms with Crippen molar-refractivity contribution in [2.75, 3.05) is 13.1 Å². The van der Waals surface area contributed by atoms with E-state index in [2.05, 4.69) is 38.8 Å². The molecule has 2 aromatic rings. The van der Waals surface area contributed by atoms with Gasteiger partial charge in [-0.05, 0) is 39.2 Å². The van der Waals surface area contributed by atoms with Crippen LogP contribution in [-0.4, -0.2) is 38.8 Å². The summed E-state index contributed by atoms with van der Waals surface area (Å²) in [5.41, 5.74) is 2.72. The average molecular weight is 390 g/mol. The van der Waals surface area contributed by atoms with Gasteiger partial charge in [-0.15, -0.1) is 0 Å². The topological polar surface area (TPSA) is 58.4 Å². The van der Waals surface area contributed by atoms with Gasteiger partial charge in [0, 0.05) is 37.0 Å². The van der Waals surface area contributed by atoms with Crippen molar-refractivity contribution in [2.24, 2.45) is 11.8 Å². The second-order valence-electron chi connectivity index (χ2n) is 8.67. The van der Waals surface area contributed by atoms with Crippen molar-refractivity contribution in [1.29, 1.82) is 0 Å². The normalized spacial score (nSPS) is 21.4. The molecule has 2 atom stereocenters. The molecule has 146 valence electrons. The van der Waals surface area contributed by atoms with Gasteiger partial charge in [0.05, 0.1) is 22.2 Å². The molecule has 1 saturated heterocycles. The predicted octanol–water partition coefficient (Wildman–Crippen LogP) is 4.50. The maximum Gasteiger partial charge on any atom is 0.307 e. The summed E-state index contributed by atoms with van der Waals surface area (Å²) in [5.74, 6) is -0.653. The Morgan fingerprint density at radius 3 is 2.63 bits per heavy atom. The molecule has 1 aromatic heterocycles. The number of aromatic nitrogens is 2. The van der Waals surface area contributed by atoms with Crippen LogP contribution in [0.25, 0.3) is 11.3 Å². The second-order valence-corrected chi connectivity index (χ2v) is 9.08. The zero-order valence-electron chi connectivity index (χ0n) is 16.4. The molecular weight excluding hydrogens is 362 g/mol. The van der Waals surface area contributed by atoms with E-state index in [1.165, 1.54) is 0 Å². The first-order valence-corrected chi connectivity index (χ1v) is 9.82. The van der Waals surface area contributed by atoms with Crippen LogP contribution in [0.15, 0.2) is 30.5 Å². The molecule has 3 rings (SSSR count). The molecule has 5 nitrogen and oxygen atoms in total. The van der Waals surface area contributed by atoms with Crippen molar-refractivity contribution in [1.82, 2.24) is 14.7 Å². The molecular formula is C21H28ClN3O2. The van der Waals surface area contributed by atoms with Crippen molar-refractivity contribution in [3.05, 3.63) is 41.0 Å². The molecule has 6 heteroatoms. The van der Waals surface area contributed by atoms with Gasteiger partial charge in [0.15, 0.2) is 0 Å². The summed E-state index contributed by atoms with van der Waals surface area (Å²) >= 11 is 6.44. The smallest absolute Gasteiger partial charge is 0.307 e. The molecule has 1 aliphatic rings. The highest BCUT2D eigenvalue weighted by Crippen LogP contribution is 2.32. The number of carboxylic acids is 1. The lowest BCUT2D eigenvalue weighted by molar-refractivity contribution is -0.144. The van der Waals surface area contributed by atoms with Gasteiger partial charge in [-0.1, -0.05) is 36.7 Å². The number of carboxylic acid groups (broad SMARTS) is 1. The number of nitrogens with zero attached hydrogens (tertiary/aromatic N) is 3. The fourth-order valence-electron chi connectivity index (χ4n) is 3.76. The van der Waals surface area contributed by atoms with Gasteiger partial charge < -0.3 is 5.11 Å². The highest BCUT2D eigenvalue weighted by atomic mass is 35.5. The fraction of sp³-hybridized carbons (Fsp3) is 0.524. The summed E-state index contributed by atoms with van der Waals surface area (Å²) < 4.78 is 1.98. The van der Waals surface area contributed by atoms with E-state index in [-0.39, 0.29) is 11.5 Å². The van der Waals surface area contributed by atoms with E-state index in [0.717, 1.165) is 29.8 Å². The lowest BCUT2D eigenvalue weighted by atomic mass is 9.90. The molecule has 1 N–H and O–H groups in total. The zero-order chi connectivity index (χ0) is 19.8. The van der Waals surface area contributed by atoms with Gasteiger partial charge >= 0.3 is 5.97 Å². The third kappa shape index (κ3) is 4.53. The van der Waals surface area contributed by atoms with Crippen LogP contribution in [0.2, 0.25) is 5.02 Å². The molecule has 2 heterocycles. The predicted molar refractivity (Wildman–Crippen MR) is 108 cm³/mol. The average Bonchev–Trinajstić information content (AvgIpc) is 2.98. The Bertz CT molecular complexity index is 825. The first-order chi connectivity index (χ1) is 12.6. The zero-order valence-corrected chi connectivity index (χ0v) is 17.2. The Labute approximate surface area is 165 Å². The molecule has 0 aliphatic carbocycles. The Morgan fingerprint density at radius 2 is 2.00 bits per heavy atom. The number of rotatable bonds is 4. The molecule has 1 aromatic carbocycles. The van der Waals surface area contributed by atoms with Crippen LogP contribution in [0.3, 0.4) is 0 Å². The van der Waals surface area contributed by atoms with E-state index in [1.54, 1.807) is 0 Å². The van der Waals surface area contributed by atoms with Crippen LogP contribution < -0.4 is 0 Å². The highest BCUT2D eigenvalue weighted by Gasteiger charge is 2.30. The van der Waals surface area contributed by atoms with E-state index in [4.69, 9.17) is 16.7 Å². The third-order valence-corrected chi connectivity index (χ3v) is 5.41. The summed E-state index contributed by atoms with van der Waals surface area (Å²) in [5, 5.41) is 15.0. The minimum atomic E-state index is -0.705. The quantitative estimate of drug-likeness (QED) is 0.836. The number of benzene rings is 1. The van der Waals surface area contributed by atoms with Gasteiger partial charge in [-0.25, -0.2) is 0 Å². The van der Waals surface area contributed by atoms with Gasteiger partial charge in [0.2, 0.25) is 0 Å². The van der Waals surface area contributed by atoms with Crippen LogP contribution in [0.4, 0.5) is 0 Å². The summed E-state index contributed by atoms with van der Waals surface area (Å²) in [4.78, 5) is 13.7. The number of carbonyl (C=O) groups is 1. The molecule has 0 bridgehead atoms. The van der Waals surface area contributed by atoms with Crippen molar-refractivity contribution in [3.8, 4) is 11.3 Å². The van der Waals surface area contributed by atoms with Crippen LogP contribution in [0.1, 0.15) is 39.7 Å². The number of likely N-dealkylation sites (tertiary alicyclic amines) is 1. The number of hydrogen-bond donors (Lipinski definition) is 1. The maximum atomic E-state index is 11.5. The molecule has 0 saturated carbocycles. The van der Waals surface area contributed by atoms with Gasteiger partial charge in [0.1, 0.15) is 0 Å².